The second kappa shape index (κ2) is 14.4. The molecule has 1 saturated carbocycles. The zero-order valence-electron chi connectivity index (χ0n) is 19.5. The van der Waals surface area contributed by atoms with Crippen molar-refractivity contribution < 1.29 is 14.3 Å². The summed E-state index contributed by atoms with van der Waals surface area (Å²) in [5, 5.41) is 6.83. The molecule has 1 aromatic carbocycles. The molecule has 0 aromatic heterocycles. The van der Waals surface area contributed by atoms with Crippen LogP contribution in [0.15, 0.2) is 29.3 Å². The van der Waals surface area contributed by atoms with Crippen molar-refractivity contribution in [1.29, 1.82) is 0 Å². The number of nitrogens with zero attached hydrogens (tertiary/aromatic N) is 2. The highest BCUT2D eigenvalue weighted by Gasteiger charge is 2.31. The standard InChI is InChI=1S/C24H38N4O3.HI/c1-3-25-24(26-14-8-16-31-22-12-7-11-21(17-22)30-2)27-20-13-15-28(18-20)23(29)19-9-5-4-6-10-19;/h7,11-12,17,19-20H,3-6,8-10,13-16,18H2,1-2H3,(H2,25,26,27);1H. The molecule has 0 bridgehead atoms. The molecule has 1 heterocycles. The maximum Gasteiger partial charge on any atom is 0.225 e. The summed E-state index contributed by atoms with van der Waals surface area (Å²) >= 11 is 0. The number of likely N-dealkylation sites (tertiary alicyclic amines) is 1. The fourth-order valence-corrected chi connectivity index (χ4v) is 4.34. The van der Waals surface area contributed by atoms with Gasteiger partial charge >= 0.3 is 0 Å². The second-order valence-corrected chi connectivity index (χ2v) is 8.39. The average molecular weight is 559 g/mol. The van der Waals surface area contributed by atoms with E-state index in [-0.39, 0.29) is 35.9 Å². The van der Waals surface area contributed by atoms with E-state index in [1.165, 1.54) is 19.3 Å². The number of aliphatic imine (C=N–C) groups is 1. The smallest absolute Gasteiger partial charge is 0.225 e. The maximum absolute atomic E-state index is 12.8. The molecular weight excluding hydrogens is 519 g/mol. The Hall–Kier alpha value is -1.71. The minimum Gasteiger partial charge on any atom is -0.497 e. The lowest BCUT2D eigenvalue weighted by Gasteiger charge is -2.26. The Balaban J connectivity index is 0.00000363. The first kappa shape index (κ1) is 26.5. The quantitative estimate of drug-likeness (QED) is 0.209. The van der Waals surface area contributed by atoms with E-state index in [1.807, 2.05) is 24.3 Å². The summed E-state index contributed by atoms with van der Waals surface area (Å²) in [7, 11) is 1.65. The Kier molecular flexibility index (Phi) is 12.0. The van der Waals surface area contributed by atoms with Crippen LogP contribution < -0.4 is 20.1 Å². The van der Waals surface area contributed by atoms with Crippen molar-refractivity contribution in [2.45, 2.75) is 57.9 Å². The van der Waals surface area contributed by atoms with Gasteiger partial charge in [0.25, 0.3) is 0 Å². The Bertz CT molecular complexity index is 725. The van der Waals surface area contributed by atoms with Crippen LogP contribution in [0.2, 0.25) is 0 Å². The van der Waals surface area contributed by atoms with Gasteiger partial charge in [0.15, 0.2) is 5.96 Å². The van der Waals surface area contributed by atoms with E-state index in [0.29, 0.717) is 19.1 Å². The first-order chi connectivity index (χ1) is 15.2. The molecule has 2 N–H and O–H groups in total. The molecule has 2 aliphatic rings. The molecule has 7 nitrogen and oxygen atoms in total. The third kappa shape index (κ3) is 8.33. The van der Waals surface area contributed by atoms with E-state index in [9.17, 15) is 4.79 Å². The molecule has 180 valence electrons. The van der Waals surface area contributed by atoms with Crippen molar-refractivity contribution in [3.8, 4) is 11.5 Å². The molecule has 1 saturated heterocycles. The van der Waals surface area contributed by atoms with Crippen LogP contribution in [0, 0.1) is 5.92 Å². The monoisotopic (exact) mass is 558 g/mol. The Morgan fingerprint density at radius 3 is 2.72 bits per heavy atom. The molecule has 8 heteroatoms. The van der Waals surface area contributed by atoms with Crippen LogP contribution in [0.1, 0.15) is 51.9 Å². The van der Waals surface area contributed by atoms with Crippen LogP contribution >= 0.6 is 24.0 Å². The zero-order chi connectivity index (χ0) is 21.9. The highest BCUT2D eigenvalue weighted by Crippen LogP contribution is 2.26. The number of ether oxygens (including phenoxy) is 2. The number of carbonyl (C=O) groups excluding carboxylic acids is 1. The highest BCUT2D eigenvalue weighted by molar-refractivity contribution is 14.0. The van der Waals surface area contributed by atoms with Crippen molar-refractivity contribution >= 4 is 35.8 Å². The van der Waals surface area contributed by atoms with Crippen LogP contribution in [0.4, 0.5) is 0 Å². The number of amides is 1. The van der Waals surface area contributed by atoms with E-state index in [2.05, 4.69) is 27.4 Å². The SMILES string of the molecule is CCNC(=NCCCOc1cccc(OC)c1)NC1CCN(C(=O)C2CCCCC2)C1.I. The third-order valence-electron chi connectivity index (χ3n) is 6.02. The lowest BCUT2D eigenvalue weighted by molar-refractivity contribution is -0.135. The van der Waals surface area contributed by atoms with Gasteiger partial charge in [-0.15, -0.1) is 24.0 Å². The number of hydrogen-bond acceptors (Lipinski definition) is 4. The van der Waals surface area contributed by atoms with Crippen molar-refractivity contribution in [3.63, 3.8) is 0 Å². The van der Waals surface area contributed by atoms with E-state index in [1.54, 1.807) is 7.11 Å². The summed E-state index contributed by atoms with van der Waals surface area (Å²) in [5.41, 5.74) is 0. The maximum atomic E-state index is 12.8. The molecule has 0 spiro atoms. The van der Waals surface area contributed by atoms with Crippen LogP contribution in [-0.4, -0.2) is 62.7 Å². The lowest BCUT2D eigenvalue weighted by atomic mass is 9.88. The molecule has 32 heavy (non-hydrogen) atoms. The van der Waals surface area contributed by atoms with E-state index >= 15 is 0 Å². The average Bonchev–Trinajstić information content (AvgIpc) is 3.27. The fraction of sp³-hybridized carbons (Fsp3) is 0.667. The number of hydrogen-bond donors (Lipinski definition) is 2. The highest BCUT2D eigenvalue weighted by atomic mass is 127. The Morgan fingerprint density at radius 1 is 1.19 bits per heavy atom. The predicted molar refractivity (Wildman–Crippen MR) is 139 cm³/mol. The fourth-order valence-electron chi connectivity index (χ4n) is 4.34. The number of halogens is 1. The summed E-state index contributed by atoms with van der Waals surface area (Å²) < 4.78 is 11.0. The van der Waals surface area contributed by atoms with Gasteiger partial charge in [0.2, 0.25) is 5.91 Å². The largest absolute Gasteiger partial charge is 0.497 e. The molecule has 1 atom stereocenters. The third-order valence-corrected chi connectivity index (χ3v) is 6.02. The number of nitrogens with one attached hydrogen (secondary N) is 2. The van der Waals surface area contributed by atoms with Crippen molar-refractivity contribution in [2.75, 3.05) is 39.9 Å². The molecular formula is C24H39IN4O3. The van der Waals surface area contributed by atoms with Crippen molar-refractivity contribution in [2.24, 2.45) is 10.9 Å². The topological polar surface area (TPSA) is 75.2 Å². The molecule has 1 unspecified atom stereocenters. The Labute approximate surface area is 209 Å². The summed E-state index contributed by atoms with van der Waals surface area (Å²) in [6.07, 6.45) is 7.60. The van der Waals surface area contributed by atoms with Gasteiger partial charge in [0.05, 0.1) is 13.7 Å². The molecule has 0 radical (unpaired) electrons. The predicted octanol–water partition coefficient (Wildman–Crippen LogP) is 3.82. The van der Waals surface area contributed by atoms with Gasteiger partial charge < -0.3 is 25.0 Å². The molecule has 1 aliphatic heterocycles. The van der Waals surface area contributed by atoms with E-state index in [4.69, 9.17) is 9.47 Å². The number of methoxy groups -OCH3 is 1. The van der Waals surface area contributed by atoms with Gasteiger partial charge in [-0.3, -0.25) is 9.79 Å². The first-order valence-corrected chi connectivity index (χ1v) is 11.8. The number of guanidine groups is 1. The van der Waals surface area contributed by atoms with Crippen LogP contribution in [0.25, 0.3) is 0 Å². The van der Waals surface area contributed by atoms with Gasteiger partial charge in [0, 0.05) is 50.6 Å². The van der Waals surface area contributed by atoms with Crippen molar-refractivity contribution in [3.05, 3.63) is 24.3 Å². The van der Waals surface area contributed by atoms with Crippen LogP contribution in [-0.2, 0) is 4.79 Å². The van der Waals surface area contributed by atoms with Gasteiger partial charge in [-0.05, 0) is 38.3 Å². The summed E-state index contributed by atoms with van der Waals surface area (Å²) in [5.74, 6) is 3.03. The van der Waals surface area contributed by atoms with Crippen molar-refractivity contribution in [1.82, 2.24) is 15.5 Å². The van der Waals surface area contributed by atoms with Gasteiger partial charge in [-0.25, -0.2) is 0 Å². The summed E-state index contributed by atoms with van der Waals surface area (Å²) in [6, 6.07) is 7.90. The van der Waals surface area contributed by atoms with Gasteiger partial charge in [0.1, 0.15) is 11.5 Å². The minimum atomic E-state index is 0. The van der Waals surface area contributed by atoms with Gasteiger partial charge in [-0.1, -0.05) is 25.3 Å². The van der Waals surface area contributed by atoms with E-state index < -0.39 is 0 Å². The number of carbonyl (C=O) groups is 1. The lowest BCUT2D eigenvalue weighted by Crippen LogP contribution is -2.45. The zero-order valence-corrected chi connectivity index (χ0v) is 21.8. The minimum absolute atomic E-state index is 0. The molecule has 2 fully saturated rings. The van der Waals surface area contributed by atoms with Crippen LogP contribution in [0.3, 0.4) is 0 Å². The molecule has 1 amide bonds. The summed E-state index contributed by atoms with van der Waals surface area (Å²) in [6.45, 7) is 5.78. The Morgan fingerprint density at radius 2 is 1.97 bits per heavy atom. The number of benzene rings is 1. The van der Waals surface area contributed by atoms with Crippen LogP contribution in [0.5, 0.6) is 11.5 Å². The second-order valence-electron chi connectivity index (χ2n) is 8.39. The summed E-state index contributed by atoms with van der Waals surface area (Å²) in [4.78, 5) is 19.5. The number of rotatable bonds is 9. The normalized spacial score (nSPS) is 19.2. The molecule has 3 rings (SSSR count). The first-order valence-electron chi connectivity index (χ1n) is 11.8. The van der Waals surface area contributed by atoms with E-state index in [0.717, 1.165) is 62.8 Å². The molecule has 1 aliphatic carbocycles. The molecule has 1 aromatic rings. The van der Waals surface area contributed by atoms with Gasteiger partial charge in [-0.2, -0.15) is 0 Å².